The van der Waals surface area contributed by atoms with Gasteiger partial charge in [0.1, 0.15) is 10.7 Å². The summed E-state index contributed by atoms with van der Waals surface area (Å²) in [6.07, 6.45) is 0.986. The van der Waals surface area contributed by atoms with Gasteiger partial charge in [0, 0.05) is 11.9 Å². The molecule has 0 aliphatic carbocycles. The van der Waals surface area contributed by atoms with Crippen molar-refractivity contribution in [1.82, 2.24) is 9.97 Å². The molecule has 142 valence electrons. The number of halogens is 2. The summed E-state index contributed by atoms with van der Waals surface area (Å²) in [6.45, 7) is 5.09. The molecule has 11 heteroatoms. The number of benzene rings is 1. The number of anilines is 3. The molecule has 2 rings (SSSR count). The zero-order valence-electron chi connectivity index (χ0n) is 14.3. The first kappa shape index (κ1) is 20.8. The van der Waals surface area contributed by atoms with E-state index < -0.39 is 16.1 Å². The average molecular weight is 465 g/mol. The van der Waals surface area contributed by atoms with Gasteiger partial charge in [0.15, 0.2) is 0 Å². The van der Waals surface area contributed by atoms with E-state index in [-0.39, 0.29) is 21.9 Å². The number of nitrogens with zero attached hydrogens (tertiary/aromatic N) is 2. The standard InChI is InChI=1S/C15H19BrClN5O3S/c1-7-4-10(5-12(17)13(7)26(18,24)25)21-15-19-6-11(16)14(22-15)20-8(2)9(3)23/h4-6,8-9,23H,1-3H3,(H2,18,24,25)(H2,19,20,21,22)/t8-,9-/m1/s1. The quantitative estimate of drug-likeness (QED) is 0.517. The van der Waals surface area contributed by atoms with E-state index >= 15 is 0 Å². The van der Waals surface area contributed by atoms with Gasteiger partial charge in [-0.25, -0.2) is 18.5 Å². The number of sulfonamides is 1. The second-order valence-corrected chi connectivity index (χ2v) is 8.60. The zero-order chi connectivity index (χ0) is 19.6. The monoisotopic (exact) mass is 463 g/mol. The van der Waals surface area contributed by atoms with E-state index in [1.807, 2.05) is 6.92 Å². The Morgan fingerprint density at radius 1 is 1.35 bits per heavy atom. The highest BCUT2D eigenvalue weighted by molar-refractivity contribution is 9.10. The average Bonchev–Trinajstić information content (AvgIpc) is 2.48. The van der Waals surface area contributed by atoms with Crippen LogP contribution in [0.15, 0.2) is 27.7 Å². The normalized spacial score (nSPS) is 14.0. The van der Waals surface area contributed by atoms with Crippen LogP contribution in [-0.4, -0.2) is 35.6 Å². The fourth-order valence-corrected chi connectivity index (χ4v) is 3.89. The number of hydrogen-bond donors (Lipinski definition) is 4. The van der Waals surface area contributed by atoms with E-state index in [4.69, 9.17) is 16.7 Å². The molecule has 26 heavy (non-hydrogen) atoms. The molecule has 2 aromatic rings. The molecule has 0 saturated heterocycles. The Kier molecular flexibility index (Phi) is 6.46. The lowest BCUT2D eigenvalue weighted by Gasteiger charge is -2.18. The van der Waals surface area contributed by atoms with Crippen molar-refractivity contribution in [3.05, 3.63) is 33.4 Å². The molecule has 1 aromatic heterocycles. The molecule has 1 aromatic carbocycles. The lowest BCUT2D eigenvalue weighted by molar-refractivity contribution is 0.177. The van der Waals surface area contributed by atoms with Gasteiger partial charge in [0.2, 0.25) is 16.0 Å². The number of rotatable bonds is 6. The molecular weight excluding hydrogens is 446 g/mol. The van der Waals surface area contributed by atoms with E-state index in [1.54, 1.807) is 26.1 Å². The number of hydrogen-bond acceptors (Lipinski definition) is 7. The second kappa shape index (κ2) is 8.05. The van der Waals surface area contributed by atoms with Crippen molar-refractivity contribution in [1.29, 1.82) is 0 Å². The van der Waals surface area contributed by atoms with Gasteiger partial charge < -0.3 is 15.7 Å². The molecule has 0 spiro atoms. The van der Waals surface area contributed by atoms with Crippen molar-refractivity contribution in [2.24, 2.45) is 5.14 Å². The van der Waals surface area contributed by atoms with Crippen molar-refractivity contribution < 1.29 is 13.5 Å². The summed E-state index contributed by atoms with van der Waals surface area (Å²) in [5.41, 5.74) is 0.914. The van der Waals surface area contributed by atoms with Crippen LogP contribution in [0.5, 0.6) is 0 Å². The smallest absolute Gasteiger partial charge is 0.239 e. The maximum atomic E-state index is 11.6. The lowest BCUT2D eigenvalue weighted by atomic mass is 10.2. The molecular formula is C15H19BrClN5O3S. The minimum atomic E-state index is -3.92. The molecule has 8 nitrogen and oxygen atoms in total. The van der Waals surface area contributed by atoms with Gasteiger partial charge in [-0.1, -0.05) is 11.6 Å². The number of aromatic nitrogens is 2. The van der Waals surface area contributed by atoms with Gasteiger partial charge in [-0.2, -0.15) is 4.98 Å². The van der Waals surface area contributed by atoms with E-state index in [2.05, 4.69) is 36.5 Å². The predicted molar refractivity (Wildman–Crippen MR) is 105 cm³/mol. The van der Waals surface area contributed by atoms with Crippen molar-refractivity contribution in [2.45, 2.75) is 37.8 Å². The minimum Gasteiger partial charge on any atom is -0.391 e. The third-order valence-corrected chi connectivity index (χ3v) is 5.70. The van der Waals surface area contributed by atoms with E-state index in [1.165, 1.54) is 6.07 Å². The fourth-order valence-electron chi connectivity index (χ4n) is 2.16. The van der Waals surface area contributed by atoms with Crippen LogP contribution in [0.2, 0.25) is 5.02 Å². The number of aliphatic hydroxyl groups is 1. The Hall–Kier alpha value is -1.46. The van der Waals surface area contributed by atoms with Crippen LogP contribution in [0.25, 0.3) is 0 Å². The fraction of sp³-hybridized carbons (Fsp3) is 0.333. The topological polar surface area (TPSA) is 130 Å². The van der Waals surface area contributed by atoms with Gasteiger partial charge in [0.05, 0.1) is 21.6 Å². The van der Waals surface area contributed by atoms with E-state index in [0.29, 0.717) is 21.5 Å². The SMILES string of the molecule is Cc1cc(Nc2ncc(Br)c(N[C@H](C)[C@@H](C)O)n2)cc(Cl)c1S(N)(=O)=O. The summed E-state index contributed by atoms with van der Waals surface area (Å²) < 4.78 is 23.8. The molecule has 0 unspecified atom stereocenters. The van der Waals surface area contributed by atoms with Crippen molar-refractivity contribution in [3.8, 4) is 0 Å². The Morgan fingerprint density at radius 2 is 2.00 bits per heavy atom. The highest BCUT2D eigenvalue weighted by atomic mass is 79.9. The minimum absolute atomic E-state index is 0.00758. The number of aryl methyl sites for hydroxylation is 1. The van der Waals surface area contributed by atoms with Gasteiger partial charge >= 0.3 is 0 Å². The third kappa shape index (κ3) is 5.04. The number of nitrogens with two attached hydrogens (primary N) is 1. The molecule has 0 aliphatic heterocycles. The summed E-state index contributed by atoms with van der Waals surface area (Å²) in [6, 6.07) is 2.80. The summed E-state index contributed by atoms with van der Waals surface area (Å²) in [4.78, 5) is 8.39. The first-order valence-corrected chi connectivity index (χ1v) is 10.3. The largest absolute Gasteiger partial charge is 0.391 e. The molecule has 5 N–H and O–H groups in total. The van der Waals surface area contributed by atoms with Crippen molar-refractivity contribution in [2.75, 3.05) is 10.6 Å². The molecule has 0 saturated carbocycles. The second-order valence-electron chi connectivity index (χ2n) is 5.84. The molecule has 0 fully saturated rings. The van der Waals surface area contributed by atoms with Crippen LogP contribution in [0.3, 0.4) is 0 Å². The van der Waals surface area contributed by atoms with Crippen LogP contribution in [0.1, 0.15) is 19.4 Å². The zero-order valence-corrected chi connectivity index (χ0v) is 17.4. The van der Waals surface area contributed by atoms with Gasteiger partial charge in [-0.3, -0.25) is 0 Å². The first-order chi connectivity index (χ1) is 12.0. The van der Waals surface area contributed by atoms with E-state index in [0.717, 1.165) is 0 Å². The Balaban J connectivity index is 2.32. The molecule has 1 heterocycles. The Morgan fingerprint density at radius 3 is 2.54 bits per heavy atom. The van der Waals surface area contributed by atoms with E-state index in [9.17, 15) is 13.5 Å². The van der Waals surface area contributed by atoms with Gasteiger partial charge in [0.25, 0.3) is 0 Å². The predicted octanol–water partition coefficient (Wildman–Crippen LogP) is 2.77. The molecule has 0 amide bonds. The first-order valence-electron chi connectivity index (χ1n) is 7.56. The van der Waals surface area contributed by atoms with Crippen molar-refractivity contribution in [3.63, 3.8) is 0 Å². The Labute approximate surface area is 165 Å². The molecule has 0 aliphatic rings. The van der Waals surface area contributed by atoms with Gasteiger partial charge in [-0.15, -0.1) is 0 Å². The van der Waals surface area contributed by atoms with Crippen LogP contribution in [0.4, 0.5) is 17.5 Å². The highest BCUT2D eigenvalue weighted by Gasteiger charge is 2.18. The summed E-state index contributed by atoms with van der Waals surface area (Å²) in [5.74, 6) is 0.771. The summed E-state index contributed by atoms with van der Waals surface area (Å²) in [5, 5.41) is 20.9. The third-order valence-electron chi connectivity index (χ3n) is 3.60. The van der Waals surface area contributed by atoms with Crippen LogP contribution >= 0.6 is 27.5 Å². The maximum absolute atomic E-state index is 11.6. The van der Waals surface area contributed by atoms with Crippen LogP contribution in [0, 0.1) is 6.92 Å². The molecule has 2 atom stereocenters. The number of nitrogens with one attached hydrogen (secondary N) is 2. The maximum Gasteiger partial charge on any atom is 0.239 e. The van der Waals surface area contributed by atoms with Crippen LogP contribution in [-0.2, 0) is 10.0 Å². The van der Waals surface area contributed by atoms with Gasteiger partial charge in [-0.05, 0) is 54.4 Å². The van der Waals surface area contributed by atoms with Crippen LogP contribution < -0.4 is 15.8 Å². The summed E-state index contributed by atoms with van der Waals surface area (Å²) >= 11 is 9.41. The lowest BCUT2D eigenvalue weighted by Crippen LogP contribution is -2.28. The van der Waals surface area contributed by atoms with Crippen molar-refractivity contribution >= 4 is 55.0 Å². The molecule has 0 radical (unpaired) electrons. The number of primary sulfonamides is 1. The molecule has 0 bridgehead atoms. The summed E-state index contributed by atoms with van der Waals surface area (Å²) in [7, 11) is -3.92. The highest BCUT2D eigenvalue weighted by Crippen LogP contribution is 2.30. The Bertz CT molecular complexity index is 900. The number of aliphatic hydroxyl groups excluding tert-OH is 1.